The molecule has 216 valence electrons. The van der Waals surface area contributed by atoms with Crippen LogP contribution in [0.5, 0.6) is 11.5 Å². The number of fused-ring (bicyclic) bond motifs is 3. The van der Waals surface area contributed by atoms with E-state index in [9.17, 15) is 14.7 Å². The molecule has 0 radical (unpaired) electrons. The zero-order valence-corrected chi connectivity index (χ0v) is 24.0. The Labute approximate surface area is 247 Å². The number of carbonyl (C=O) groups is 2. The van der Waals surface area contributed by atoms with Crippen molar-refractivity contribution in [2.75, 3.05) is 20.8 Å². The van der Waals surface area contributed by atoms with E-state index in [1.165, 1.54) is 19.2 Å². The van der Waals surface area contributed by atoms with Crippen molar-refractivity contribution in [2.24, 2.45) is 4.99 Å². The van der Waals surface area contributed by atoms with Gasteiger partial charge in [-0.25, -0.2) is 5.48 Å². The summed E-state index contributed by atoms with van der Waals surface area (Å²) in [6, 6.07) is 17.2. The molecule has 11 nitrogen and oxygen atoms in total. The minimum absolute atomic E-state index is 0.0295. The number of aromatic hydroxyl groups is 1. The van der Waals surface area contributed by atoms with E-state index in [0.29, 0.717) is 41.1 Å². The Kier molecular flexibility index (Phi) is 8.51. The molecule has 1 aliphatic heterocycles. The maximum absolute atomic E-state index is 13.2. The van der Waals surface area contributed by atoms with E-state index in [1.54, 1.807) is 25.3 Å². The first-order chi connectivity index (χ1) is 20.3. The van der Waals surface area contributed by atoms with Crippen LogP contribution in [0.15, 0.2) is 65.7 Å². The van der Waals surface area contributed by atoms with Gasteiger partial charge in [-0.05, 0) is 61.4 Å². The Morgan fingerprint density at radius 1 is 1.05 bits per heavy atom. The van der Waals surface area contributed by atoms with Crippen LogP contribution in [0.25, 0.3) is 5.69 Å². The number of phenols is 1. The lowest BCUT2D eigenvalue weighted by molar-refractivity contribution is -0.121. The van der Waals surface area contributed by atoms with Crippen molar-refractivity contribution < 1.29 is 24.3 Å². The van der Waals surface area contributed by atoms with Gasteiger partial charge in [0.25, 0.3) is 5.91 Å². The number of aromatic nitrogens is 3. The number of benzene rings is 3. The highest BCUT2D eigenvalue weighted by Crippen LogP contribution is 2.34. The molecule has 1 aliphatic rings. The van der Waals surface area contributed by atoms with Crippen molar-refractivity contribution in [2.45, 2.75) is 25.8 Å². The van der Waals surface area contributed by atoms with Crippen LogP contribution >= 0.6 is 11.6 Å². The van der Waals surface area contributed by atoms with Gasteiger partial charge in [-0.2, -0.15) is 0 Å². The number of carbonyl (C=O) groups excluding carboxylic acids is 2. The second-order valence-corrected chi connectivity index (χ2v) is 10.1. The molecule has 0 aliphatic carbocycles. The lowest BCUT2D eigenvalue weighted by Crippen LogP contribution is -2.27. The molecule has 3 aromatic carbocycles. The first-order valence-corrected chi connectivity index (χ1v) is 13.5. The number of nitrogens with zero attached hydrogens (tertiary/aromatic N) is 4. The molecule has 1 atom stereocenters. The highest BCUT2D eigenvalue weighted by Gasteiger charge is 2.30. The summed E-state index contributed by atoms with van der Waals surface area (Å²) in [5, 5.41) is 22.5. The summed E-state index contributed by atoms with van der Waals surface area (Å²) >= 11 is 6.17. The summed E-state index contributed by atoms with van der Waals surface area (Å²) in [6.45, 7) is 2.17. The van der Waals surface area contributed by atoms with Crippen LogP contribution in [-0.2, 0) is 16.1 Å². The van der Waals surface area contributed by atoms with Gasteiger partial charge < -0.3 is 15.2 Å². The summed E-state index contributed by atoms with van der Waals surface area (Å²) in [6.07, 6.45) is 0.470. The summed E-state index contributed by atoms with van der Waals surface area (Å²) in [5.41, 5.74) is 6.15. The van der Waals surface area contributed by atoms with Gasteiger partial charge in [0.15, 0.2) is 5.82 Å². The SMILES string of the molecule is CONC(=O)c1ccc(CCNC(=O)C[C@@H]2N=C(c3ccc(Cl)cc3)c3cc(OC)ccc3-n3c(C)nnc32)cc1O. The van der Waals surface area contributed by atoms with Gasteiger partial charge >= 0.3 is 0 Å². The molecule has 3 N–H and O–H groups in total. The largest absolute Gasteiger partial charge is 0.507 e. The van der Waals surface area contributed by atoms with E-state index in [-0.39, 0.29) is 23.6 Å². The van der Waals surface area contributed by atoms with Crippen LogP contribution in [0.4, 0.5) is 0 Å². The third-order valence-corrected chi connectivity index (χ3v) is 7.12. The zero-order valence-electron chi connectivity index (χ0n) is 23.2. The second kappa shape index (κ2) is 12.4. The smallest absolute Gasteiger partial charge is 0.278 e. The van der Waals surface area contributed by atoms with Crippen LogP contribution in [-0.4, -0.2) is 58.2 Å². The van der Waals surface area contributed by atoms with Crippen LogP contribution in [0.1, 0.15) is 51.2 Å². The van der Waals surface area contributed by atoms with Gasteiger partial charge in [0, 0.05) is 22.7 Å². The van der Waals surface area contributed by atoms with Gasteiger partial charge in [-0.1, -0.05) is 29.8 Å². The van der Waals surface area contributed by atoms with Crippen molar-refractivity contribution in [3.05, 3.63) is 99.6 Å². The number of halogens is 1. The molecule has 0 saturated carbocycles. The average Bonchev–Trinajstić information content (AvgIpc) is 3.30. The van der Waals surface area contributed by atoms with Crippen molar-refractivity contribution in [1.29, 1.82) is 0 Å². The molecule has 0 spiro atoms. The third kappa shape index (κ3) is 5.97. The fraction of sp³-hybridized carbons (Fsp3) is 0.233. The number of nitrogens with one attached hydrogen (secondary N) is 2. The first-order valence-electron chi connectivity index (χ1n) is 13.2. The summed E-state index contributed by atoms with van der Waals surface area (Å²) in [4.78, 5) is 34.8. The van der Waals surface area contributed by atoms with E-state index in [1.807, 2.05) is 41.8 Å². The predicted octanol–water partition coefficient (Wildman–Crippen LogP) is 3.88. The number of methoxy groups -OCH3 is 1. The number of rotatable bonds is 9. The Morgan fingerprint density at radius 2 is 1.83 bits per heavy atom. The molecule has 4 aromatic rings. The first kappa shape index (κ1) is 28.8. The monoisotopic (exact) mass is 588 g/mol. The number of hydrogen-bond acceptors (Lipinski definition) is 8. The van der Waals surface area contributed by atoms with Crippen LogP contribution in [0, 0.1) is 6.92 Å². The molecule has 0 unspecified atom stereocenters. The number of aryl methyl sites for hydroxylation is 1. The molecule has 0 fully saturated rings. The Morgan fingerprint density at radius 3 is 2.55 bits per heavy atom. The third-order valence-electron chi connectivity index (χ3n) is 6.87. The maximum atomic E-state index is 13.2. The summed E-state index contributed by atoms with van der Waals surface area (Å²) in [5.74, 6) is 0.916. The number of hydroxylamine groups is 1. The molecule has 2 heterocycles. The molecule has 2 amide bonds. The normalized spacial score (nSPS) is 13.8. The van der Waals surface area contributed by atoms with Crippen molar-refractivity contribution in [3.63, 3.8) is 0 Å². The molecule has 0 saturated heterocycles. The van der Waals surface area contributed by atoms with E-state index in [4.69, 9.17) is 21.3 Å². The highest BCUT2D eigenvalue weighted by molar-refractivity contribution is 6.30. The van der Waals surface area contributed by atoms with Gasteiger partial charge in [-0.3, -0.25) is 24.0 Å². The topological polar surface area (TPSA) is 140 Å². The molecule has 42 heavy (non-hydrogen) atoms. The fourth-order valence-electron chi connectivity index (χ4n) is 4.84. The van der Waals surface area contributed by atoms with Crippen molar-refractivity contribution in [3.8, 4) is 17.2 Å². The number of amides is 2. The fourth-order valence-corrected chi connectivity index (χ4v) is 4.97. The van der Waals surface area contributed by atoms with Crippen LogP contribution in [0.3, 0.4) is 0 Å². The van der Waals surface area contributed by atoms with E-state index in [2.05, 4.69) is 25.8 Å². The Bertz CT molecular complexity index is 1670. The minimum atomic E-state index is -0.627. The number of aliphatic imine (C=N–C) groups is 1. The van der Waals surface area contributed by atoms with E-state index in [0.717, 1.165) is 22.4 Å². The molecular weight excluding hydrogens is 560 g/mol. The average molecular weight is 589 g/mol. The van der Waals surface area contributed by atoms with Gasteiger partial charge in [0.05, 0.1) is 37.6 Å². The molecule has 0 bridgehead atoms. The summed E-state index contributed by atoms with van der Waals surface area (Å²) < 4.78 is 7.43. The van der Waals surface area contributed by atoms with Crippen molar-refractivity contribution in [1.82, 2.24) is 25.6 Å². The molecular formula is C30H29ClN6O5. The van der Waals surface area contributed by atoms with Crippen molar-refractivity contribution >= 4 is 29.1 Å². The van der Waals surface area contributed by atoms with E-state index < -0.39 is 11.9 Å². The van der Waals surface area contributed by atoms with Crippen LogP contribution in [0.2, 0.25) is 5.02 Å². The minimum Gasteiger partial charge on any atom is -0.507 e. The van der Waals surface area contributed by atoms with Gasteiger partial charge in [0.1, 0.15) is 23.4 Å². The lowest BCUT2D eigenvalue weighted by atomic mass is 10.00. The molecule has 12 heteroatoms. The number of ether oxygens (including phenoxy) is 1. The highest BCUT2D eigenvalue weighted by atomic mass is 35.5. The summed E-state index contributed by atoms with van der Waals surface area (Å²) in [7, 11) is 2.92. The number of phenolic OH excluding ortho intramolecular Hbond substituents is 1. The number of hydrogen-bond donors (Lipinski definition) is 3. The Hall–Kier alpha value is -4.74. The molecule has 1 aromatic heterocycles. The standard InChI is InChI=1S/C30H29ClN6O5/c1-17-34-35-29-24(16-27(39)32-13-12-18-4-10-22(26(38)14-18)30(40)36-42-3)33-28(19-5-7-20(31)8-6-19)23-15-21(41-2)9-11-25(23)37(17)29/h4-11,14-15,24,38H,12-13,16H2,1-3H3,(H,32,39)(H,36,40)/t24-/m0/s1. The second-order valence-electron chi connectivity index (χ2n) is 9.62. The lowest BCUT2D eigenvalue weighted by Gasteiger charge is -2.14. The Balaban J connectivity index is 1.39. The van der Waals surface area contributed by atoms with Gasteiger partial charge in [-0.15, -0.1) is 10.2 Å². The van der Waals surface area contributed by atoms with Gasteiger partial charge in [0.2, 0.25) is 5.91 Å². The quantitative estimate of drug-likeness (QED) is 0.252. The van der Waals surface area contributed by atoms with E-state index >= 15 is 0 Å². The molecule has 5 rings (SSSR count). The van der Waals surface area contributed by atoms with Crippen LogP contribution < -0.4 is 15.5 Å². The zero-order chi connectivity index (χ0) is 29.8. The maximum Gasteiger partial charge on any atom is 0.278 e. The predicted molar refractivity (Wildman–Crippen MR) is 156 cm³/mol.